The van der Waals surface area contributed by atoms with Gasteiger partial charge in [-0.15, -0.1) is 0 Å². The van der Waals surface area contributed by atoms with Crippen LogP contribution in [-0.4, -0.2) is 12.5 Å². The van der Waals surface area contributed by atoms with Gasteiger partial charge >= 0.3 is 0 Å². The number of rotatable bonds is 3. The van der Waals surface area contributed by atoms with E-state index in [4.69, 9.17) is 0 Å². The molecule has 104 valence electrons. The zero-order valence-corrected chi connectivity index (χ0v) is 13.6. The van der Waals surface area contributed by atoms with Crippen molar-refractivity contribution in [3.05, 3.63) is 63.6 Å². The molecule has 0 heterocycles. The third-order valence-electron chi connectivity index (χ3n) is 3.26. The van der Waals surface area contributed by atoms with E-state index in [2.05, 4.69) is 15.9 Å². The number of benzene rings is 2. The average molecular weight is 332 g/mol. The Kier molecular flexibility index (Phi) is 4.61. The highest BCUT2D eigenvalue weighted by Crippen LogP contribution is 2.23. The maximum Gasteiger partial charge on any atom is 0.259 e. The number of hydrogen-bond donors (Lipinski definition) is 0. The molecule has 0 aliphatic rings. The van der Waals surface area contributed by atoms with Crippen LogP contribution in [0.2, 0.25) is 0 Å². The molecule has 3 heteroatoms. The van der Waals surface area contributed by atoms with Crippen LogP contribution < -0.4 is 4.90 Å². The lowest BCUT2D eigenvalue weighted by Crippen LogP contribution is -2.30. The molecule has 0 N–H and O–H groups in total. The molecular weight excluding hydrogens is 314 g/mol. The van der Waals surface area contributed by atoms with E-state index < -0.39 is 0 Å². The Bertz CT molecular complexity index is 619. The van der Waals surface area contributed by atoms with Crippen LogP contribution in [0.5, 0.6) is 0 Å². The van der Waals surface area contributed by atoms with E-state index in [1.807, 2.05) is 63.2 Å². The Morgan fingerprint density at radius 3 is 2.20 bits per heavy atom. The normalized spacial score (nSPS) is 10.4. The van der Waals surface area contributed by atoms with Gasteiger partial charge in [0.05, 0.1) is 5.56 Å². The van der Waals surface area contributed by atoms with E-state index in [0.29, 0.717) is 12.1 Å². The van der Waals surface area contributed by atoms with E-state index in [0.717, 1.165) is 15.7 Å². The van der Waals surface area contributed by atoms with Gasteiger partial charge in [0.1, 0.15) is 0 Å². The van der Waals surface area contributed by atoms with Crippen LogP contribution >= 0.6 is 15.9 Å². The van der Waals surface area contributed by atoms with Crippen LogP contribution in [0.25, 0.3) is 0 Å². The SMILES string of the molecule is CCN(C(=O)c1ccc(C)cc1Br)c1ccc(C)cc1. The van der Waals surface area contributed by atoms with Crippen LogP contribution in [0.1, 0.15) is 28.4 Å². The van der Waals surface area contributed by atoms with Gasteiger partial charge in [-0.3, -0.25) is 4.79 Å². The van der Waals surface area contributed by atoms with Gasteiger partial charge in [-0.1, -0.05) is 23.8 Å². The van der Waals surface area contributed by atoms with Crippen LogP contribution in [0.4, 0.5) is 5.69 Å². The van der Waals surface area contributed by atoms with Gasteiger partial charge in [0, 0.05) is 16.7 Å². The summed E-state index contributed by atoms with van der Waals surface area (Å²) in [5, 5.41) is 0. The maximum absolute atomic E-state index is 12.7. The van der Waals surface area contributed by atoms with Crippen molar-refractivity contribution < 1.29 is 4.79 Å². The topological polar surface area (TPSA) is 20.3 Å². The van der Waals surface area contributed by atoms with Crippen molar-refractivity contribution in [2.24, 2.45) is 0 Å². The van der Waals surface area contributed by atoms with Crippen molar-refractivity contribution in [3.8, 4) is 0 Å². The van der Waals surface area contributed by atoms with Gasteiger partial charge in [0.25, 0.3) is 5.91 Å². The number of hydrogen-bond acceptors (Lipinski definition) is 1. The van der Waals surface area contributed by atoms with Gasteiger partial charge in [0.2, 0.25) is 0 Å². The molecule has 0 aromatic heterocycles. The quantitative estimate of drug-likeness (QED) is 0.795. The van der Waals surface area contributed by atoms with Crippen LogP contribution in [0.15, 0.2) is 46.9 Å². The summed E-state index contributed by atoms with van der Waals surface area (Å²) in [7, 11) is 0. The fourth-order valence-electron chi connectivity index (χ4n) is 2.11. The number of nitrogens with zero attached hydrogens (tertiary/aromatic N) is 1. The summed E-state index contributed by atoms with van der Waals surface area (Å²) in [5.74, 6) is 0.0169. The molecule has 0 saturated heterocycles. The minimum Gasteiger partial charge on any atom is -0.309 e. The molecule has 0 saturated carbocycles. The van der Waals surface area contributed by atoms with Crippen molar-refractivity contribution in [2.45, 2.75) is 20.8 Å². The summed E-state index contributed by atoms with van der Waals surface area (Å²) in [6.45, 7) is 6.68. The molecule has 0 radical (unpaired) electrons. The van der Waals surface area contributed by atoms with Crippen molar-refractivity contribution in [3.63, 3.8) is 0 Å². The predicted molar refractivity (Wildman–Crippen MR) is 87.4 cm³/mol. The summed E-state index contributed by atoms with van der Waals surface area (Å²) < 4.78 is 0.841. The number of amides is 1. The molecule has 0 bridgehead atoms. The number of carbonyl (C=O) groups excluding carboxylic acids is 1. The molecule has 0 unspecified atom stereocenters. The summed E-state index contributed by atoms with van der Waals surface area (Å²) in [6, 6.07) is 13.8. The highest BCUT2D eigenvalue weighted by atomic mass is 79.9. The standard InChI is InChI=1S/C17H18BrNO/c1-4-19(14-8-5-12(2)6-9-14)17(20)15-10-7-13(3)11-16(15)18/h5-11H,4H2,1-3H3. The molecule has 2 rings (SSSR count). The van der Waals surface area contributed by atoms with E-state index >= 15 is 0 Å². The van der Waals surface area contributed by atoms with Gasteiger partial charge in [-0.2, -0.15) is 0 Å². The predicted octanol–water partition coefficient (Wildman–Crippen LogP) is 4.73. The first-order valence-corrected chi connectivity index (χ1v) is 7.47. The van der Waals surface area contributed by atoms with Gasteiger partial charge < -0.3 is 4.90 Å². The summed E-state index contributed by atoms with van der Waals surface area (Å²) in [5.41, 5.74) is 3.94. The zero-order chi connectivity index (χ0) is 14.7. The Morgan fingerprint density at radius 1 is 1.05 bits per heavy atom. The Hall–Kier alpha value is -1.61. The minimum atomic E-state index is 0.0169. The van der Waals surface area contributed by atoms with Crippen molar-refractivity contribution in [1.82, 2.24) is 0 Å². The molecule has 2 aromatic carbocycles. The molecule has 2 nitrogen and oxygen atoms in total. The highest BCUT2D eigenvalue weighted by Gasteiger charge is 2.18. The second-order valence-electron chi connectivity index (χ2n) is 4.87. The zero-order valence-electron chi connectivity index (χ0n) is 12.0. The first-order chi connectivity index (χ1) is 9.52. The lowest BCUT2D eigenvalue weighted by atomic mass is 10.1. The lowest BCUT2D eigenvalue weighted by molar-refractivity contribution is 0.0987. The van der Waals surface area contributed by atoms with Crippen molar-refractivity contribution in [2.75, 3.05) is 11.4 Å². The molecule has 2 aromatic rings. The Morgan fingerprint density at radius 2 is 1.65 bits per heavy atom. The summed E-state index contributed by atoms with van der Waals surface area (Å²) in [4.78, 5) is 14.5. The first kappa shape index (κ1) is 14.8. The lowest BCUT2D eigenvalue weighted by Gasteiger charge is -2.22. The minimum absolute atomic E-state index is 0.0169. The van der Waals surface area contributed by atoms with E-state index in [1.54, 1.807) is 4.90 Å². The largest absolute Gasteiger partial charge is 0.309 e. The summed E-state index contributed by atoms with van der Waals surface area (Å²) >= 11 is 3.48. The molecule has 0 spiro atoms. The fourth-order valence-corrected chi connectivity index (χ4v) is 2.77. The Balaban J connectivity index is 2.36. The number of anilines is 1. The average Bonchev–Trinajstić information content (AvgIpc) is 2.41. The molecule has 1 amide bonds. The van der Waals surface area contributed by atoms with Gasteiger partial charge in [0.15, 0.2) is 0 Å². The van der Waals surface area contributed by atoms with Crippen molar-refractivity contribution >= 4 is 27.5 Å². The van der Waals surface area contributed by atoms with E-state index in [-0.39, 0.29) is 5.91 Å². The number of halogens is 1. The van der Waals surface area contributed by atoms with Crippen LogP contribution in [-0.2, 0) is 0 Å². The molecule has 0 aliphatic heterocycles. The van der Waals surface area contributed by atoms with E-state index in [9.17, 15) is 4.79 Å². The first-order valence-electron chi connectivity index (χ1n) is 6.67. The molecule has 0 atom stereocenters. The second-order valence-corrected chi connectivity index (χ2v) is 5.72. The number of aryl methyl sites for hydroxylation is 2. The third kappa shape index (κ3) is 3.10. The third-order valence-corrected chi connectivity index (χ3v) is 3.92. The molecule has 0 aliphatic carbocycles. The fraction of sp³-hybridized carbons (Fsp3) is 0.235. The Labute approximate surface area is 128 Å². The summed E-state index contributed by atoms with van der Waals surface area (Å²) in [6.07, 6.45) is 0. The van der Waals surface area contributed by atoms with Crippen molar-refractivity contribution in [1.29, 1.82) is 0 Å². The van der Waals surface area contributed by atoms with Crippen LogP contribution in [0, 0.1) is 13.8 Å². The second kappa shape index (κ2) is 6.23. The molecule has 0 fully saturated rings. The smallest absolute Gasteiger partial charge is 0.259 e. The molecular formula is C17H18BrNO. The maximum atomic E-state index is 12.7. The monoisotopic (exact) mass is 331 g/mol. The van der Waals surface area contributed by atoms with E-state index in [1.165, 1.54) is 5.56 Å². The van der Waals surface area contributed by atoms with Gasteiger partial charge in [-0.05, 0) is 66.5 Å². The van der Waals surface area contributed by atoms with Gasteiger partial charge in [-0.25, -0.2) is 0 Å². The highest BCUT2D eigenvalue weighted by molar-refractivity contribution is 9.10. The number of carbonyl (C=O) groups is 1. The molecule has 20 heavy (non-hydrogen) atoms. The van der Waals surface area contributed by atoms with Crippen LogP contribution in [0.3, 0.4) is 0 Å².